The third-order valence-corrected chi connectivity index (χ3v) is 2.59. The number of carbonyl (C=O) groups is 1. The molecule has 0 heterocycles. The number of nitrogens with one attached hydrogen (secondary N) is 2. The van der Waals surface area contributed by atoms with Crippen molar-refractivity contribution in [1.82, 2.24) is 5.32 Å². The molecule has 1 aliphatic rings. The maximum Gasteiger partial charge on any atom is 0.273 e. The van der Waals surface area contributed by atoms with Crippen LogP contribution < -0.4 is 10.6 Å². The van der Waals surface area contributed by atoms with Gasteiger partial charge < -0.3 is 15.7 Å². The number of phenolic OH excluding ortho intramolecular Hbond substituents is 1. The van der Waals surface area contributed by atoms with Crippen LogP contribution in [-0.2, 0) is 4.79 Å². The number of nitrogens with zero attached hydrogens (tertiary/aromatic N) is 1. The van der Waals surface area contributed by atoms with Crippen LogP contribution >= 0.6 is 0 Å². The summed E-state index contributed by atoms with van der Waals surface area (Å²) in [6.07, 6.45) is 2.16. The lowest BCUT2D eigenvalue weighted by atomic mass is 10.2. The molecule has 2 rings (SSSR count). The largest absolute Gasteiger partial charge is 0.506 e. The van der Waals surface area contributed by atoms with Gasteiger partial charge in [-0.1, -0.05) is 0 Å². The summed E-state index contributed by atoms with van der Waals surface area (Å²) in [5, 5.41) is 25.5. The van der Waals surface area contributed by atoms with Crippen LogP contribution in [0.25, 0.3) is 0 Å². The molecule has 3 N–H and O–H groups in total. The number of benzene rings is 1. The molecular formula is C11H13N3O4. The van der Waals surface area contributed by atoms with Gasteiger partial charge in [-0.3, -0.25) is 14.9 Å². The number of non-ortho nitro benzene ring substituents is 1. The summed E-state index contributed by atoms with van der Waals surface area (Å²) < 4.78 is 0. The van der Waals surface area contributed by atoms with Crippen molar-refractivity contribution in [3.8, 4) is 5.75 Å². The Hall–Kier alpha value is -2.15. The van der Waals surface area contributed by atoms with Gasteiger partial charge in [0.2, 0.25) is 5.91 Å². The van der Waals surface area contributed by atoms with Gasteiger partial charge in [0.05, 0.1) is 23.2 Å². The minimum absolute atomic E-state index is 0.168. The van der Waals surface area contributed by atoms with Crippen molar-refractivity contribution < 1.29 is 14.8 Å². The van der Waals surface area contributed by atoms with Gasteiger partial charge in [0.15, 0.2) is 0 Å². The summed E-state index contributed by atoms with van der Waals surface area (Å²) >= 11 is 0. The SMILES string of the molecule is O=C(CNC1CC1)Nc1ccc([N+](=O)[O-])cc1O. The van der Waals surface area contributed by atoms with Crippen molar-refractivity contribution in [3.05, 3.63) is 28.3 Å². The first-order valence-electron chi connectivity index (χ1n) is 5.57. The Morgan fingerprint density at radius 2 is 2.22 bits per heavy atom. The van der Waals surface area contributed by atoms with E-state index in [-0.39, 0.29) is 29.6 Å². The highest BCUT2D eigenvalue weighted by Gasteiger charge is 2.21. The number of nitro benzene ring substituents is 1. The zero-order valence-corrected chi connectivity index (χ0v) is 9.55. The second-order valence-corrected chi connectivity index (χ2v) is 4.16. The van der Waals surface area contributed by atoms with Gasteiger partial charge in [0, 0.05) is 12.1 Å². The predicted molar refractivity (Wildman–Crippen MR) is 64.4 cm³/mol. The highest BCUT2D eigenvalue weighted by Crippen LogP contribution is 2.27. The van der Waals surface area contributed by atoms with Crippen LogP contribution in [0.1, 0.15) is 12.8 Å². The quantitative estimate of drug-likeness (QED) is 0.411. The zero-order chi connectivity index (χ0) is 13.1. The monoisotopic (exact) mass is 251 g/mol. The molecule has 0 aliphatic heterocycles. The Bertz CT molecular complexity index is 485. The number of hydrogen-bond acceptors (Lipinski definition) is 5. The van der Waals surface area contributed by atoms with E-state index in [0.29, 0.717) is 6.04 Å². The molecule has 0 aromatic heterocycles. The zero-order valence-electron chi connectivity index (χ0n) is 9.55. The maximum atomic E-state index is 11.5. The molecule has 1 aromatic carbocycles. The molecular weight excluding hydrogens is 238 g/mol. The average Bonchev–Trinajstić information content (AvgIpc) is 3.13. The van der Waals surface area contributed by atoms with Gasteiger partial charge in [-0.2, -0.15) is 0 Å². The smallest absolute Gasteiger partial charge is 0.273 e. The molecule has 0 saturated heterocycles. The normalized spacial score (nSPS) is 14.2. The van der Waals surface area contributed by atoms with Gasteiger partial charge in [-0.25, -0.2) is 0 Å². The van der Waals surface area contributed by atoms with E-state index in [9.17, 15) is 20.0 Å². The van der Waals surface area contributed by atoms with Crippen LogP contribution in [0.3, 0.4) is 0 Å². The number of hydrogen-bond donors (Lipinski definition) is 3. The third-order valence-electron chi connectivity index (χ3n) is 2.59. The highest BCUT2D eigenvalue weighted by atomic mass is 16.6. The fraction of sp³-hybridized carbons (Fsp3) is 0.364. The van der Waals surface area contributed by atoms with Crippen LogP contribution in [0.2, 0.25) is 0 Å². The predicted octanol–water partition coefficient (Wildman–Crippen LogP) is 0.991. The molecule has 7 nitrogen and oxygen atoms in total. The van der Waals surface area contributed by atoms with Gasteiger partial charge >= 0.3 is 0 Å². The Morgan fingerprint density at radius 1 is 1.50 bits per heavy atom. The van der Waals surface area contributed by atoms with Gasteiger partial charge in [-0.15, -0.1) is 0 Å². The van der Waals surface area contributed by atoms with Crippen LogP contribution in [0.4, 0.5) is 11.4 Å². The molecule has 0 radical (unpaired) electrons. The maximum absolute atomic E-state index is 11.5. The summed E-state index contributed by atoms with van der Waals surface area (Å²) in [7, 11) is 0. The molecule has 18 heavy (non-hydrogen) atoms. The Kier molecular flexibility index (Phi) is 3.42. The first-order valence-corrected chi connectivity index (χ1v) is 5.57. The summed E-state index contributed by atoms with van der Waals surface area (Å²) in [5.41, 5.74) is -0.0511. The average molecular weight is 251 g/mol. The molecule has 1 saturated carbocycles. The van der Waals surface area contributed by atoms with Crippen molar-refractivity contribution in [2.24, 2.45) is 0 Å². The second kappa shape index (κ2) is 5.01. The first-order chi connectivity index (χ1) is 8.56. The van der Waals surface area contributed by atoms with Crippen LogP contribution in [-0.4, -0.2) is 28.5 Å². The molecule has 1 aromatic rings. The summed E-state index contributed by atoms with van der Waals surface area (Å²) in [6.45, 7) is 0.168. The van der Waals surface area contributed by atoms with E-state index in [1.807, 2.05) is 0 Å². The number of rotatable bonds is 5. The third kappa shape index (κ3) is 3.17. The molecule has 1 fully saturated rings. The number of aromatic hydroxyl groups is 1. The molecule has 0 spiro atoms. The van der Waals surface area contributed by atoms with Crippen LogP contribution in [0.5, 0.6) is 5.75 Å². The lowest BCUT2D eigenvalue weighted by molar-refractivity contribution is -0.384. The van der Waals surface area contributed by atoms with E-state index < -0.39 is 4.92 Å². The van der Waals surface area contributed by atoms with Crippen molar-refractivity contribution in [3.63, 3.8) is 0 Å². The highest BCUT2D eigenvalue weighted by molar-refractivity contribution is 5.93. The standard InChI is InChI=1S/C11H13N3O4/c15-10-5-8(14(17)18)3-4-9(10)13-11(16)6-12-7-1-2-7/h3-5,7,12,15H,1-2,6H2,(H,13,16). The number of anilines is 1. The van der Waals surface area contributed by atoms with Crippen molar-refractivity contribution in [1.29, 1.82) is 0 Å². The van der Waals surface area contributed by atoms with Crippen LogP contribution in [0.15, 0.2) is 18.2 Å². The fourth-order valence-electron chi connectivity index (χ4n) is 1.46. The van der Waals surface area contributed by atoms with E-state index in [2.05, 4.69) is 10.6 Å². The lowest BCUT2D eigenvalue weighted by Gasteiger charge is -2.07. The second-order valence-electron chi connectivity index (χ2n) is 4.16. The van der Waals surface area contributed by atoms with E-state index in [1.165, 1.54) is 12.1 Å². The Labute approximate surface area is 103 Å². The van der Waals surface area contributed by atoms with E-state index in [4.69, 9.17) is 0 Å². The lowest BCUT2D eigenvalue weighted by Crippen LogP contribution is -2.29. The molecule has 1 amide bonds. The Morgan fingerprint density at radius 3 is 2.78 bits per heavy atom. The summed E-state index contributed by atoms with van der Waals surface area (Å²) in [5.74, 6) is -0.602. The summed E-state index contributed by atoms with van der Waals surface area (Å²) in [4.78, 5) is 21.4. The van der Waals surface area contributed by atoms with Gasteiger partial charge in [0.25, 0.3) is 5.69 Å². The molecule has 0 bridgehead atoms. The van der Waals surface area contributed by atoms with Gasteiger partial charge in [-0.05, 0) is 18.9 Å². The minimum Gasteiger partial charge on any atom is -0.506 e. The van der Waals surface area contributed by atoms with Gasteiger partial charge in [0.1, 0.15) is 5.75 Å². The molecule has 0 atom stereocenters. The molecule has 0 unspecified atom stereocenters. The van der Waals surface area contributed by atoms with Crippen molar-refractivity contribution in [2.75, 3.05) is 11.9 Å². The molecule has 96 valence electrons. The van der Waals surface area contributed by atoms with Crippen molar-refractivity contribution >= 4 is 17.3 Å². The van der Waals surface area contributed by atoms with E-state index >= 15 is 0 Å². The first kappa shape index (κ1) is 12.3. The summed E-state index contributed by atoms with van der Waals surface area (Å²) in [6, 6.07) is 3.96. The molecule has 1 aliphatic carbocycles. The van der Waals surface area contributed by atoms with Crippen molar-refractivity contribution in [2.45, 2.75) is 18.9 Å². The number of nitro groups is 1. The number of amides is 1. The topological polar surface area (TPSA) is 104 Å². The van der Waals surface area contributed by atoms with Crippen LogP contribution in [0, 0.1) is 10.1 Å². The number of carbonyl (C=O) groups excluding carboxylic acids is 1. The van der Waals surface area contributed by atoms with E-state index in [1.54, 1.807) is 0 Å². The Balaban J connectivity index is 1.95. The number of phenols is 1. The van der Waals surface area contributed by atoms with E-state index in [0.717, 1.165) is 18.9 Å². The fourth-order valence-corrected chi connectivity index (χ4v) is 1.46. The molecule has 7 heteroatoms. The minimum atomic E-state index is -0.611.